The largest absolute Gasteiger partial charge is 0.444 e. The van der Waals surface area contributed by atoms with Gasteiger partial charge in [0.15, 0.2) is 11.2 Å². The van der Waals surface area contributed by atoms with Crippen LogP contribution in [0.1, 0.15) is 59.4 Å². The summed E-state index contributed by atoms with van der Waals surface area (Å²) in [5.74, 6) is 6.47. The molecule has 32 heavy (non-hydrogen) atoms. The number of imidazole rings is 1. The van der Waals surface area contributed by atoms with E-state index in [1.54, 1.807) is 16.1 Å². The van der Waals surface area contributed by atoms with E-state index >= 15 is 0 Å². The molecule has 2 fully saturated rings. The smallest absolute Gasteiger partial charge is 0.407 e. The van der Waals surface area contributed by atoms with Crippen molar-refractivity contribution in [2.45, 2.75) is 77.6 Å². The number of aromatic nitrogens is 4. The summed E-state index contributed by atoms with van der Waals surface area (Å²) in [6.07, 6.45) is 2.99. The van der Waals surface area contributed by atoms with Crippen molar-refractivity contribution in [3.63, 3.8) is 0 Å². The molecule has 1 aliphatic carbocycles. The fourth-order valence-electron chi connectivity index (χ4n) is 4.11. The average molecular weight is 443 g/mol. The first-order chi connectivity index (χ1) is 15.2. The van der Waals surface area contributed by atoms with Crippen LogP contribution in [0.3, 0.4) is 0 Å². The third-order valence-electron chi connectivity index (χ3n) is 5.56. The molecule has 0 spiro atoms. The van der Waals surface area contributed by atoms with E-state index < -0.39 is 22.9 Å². The van der Waals surface area contributed by atoms with Gasteiger partial charge in [0, 0.05) is 25.2 Å². The molecule has 0 bridgehead atoms. The number of carbonyl (C=O) groups is 1. The predicted octanol–water partition coefficient (Wildman–Crippen LogP) is 1.74. The van der Waals surface area contributed by atoms with Gasteiger partial charge in [-0.2, -0.15) is 4.98 Å². The molecule has 2 aromatic heterocycles. The van der Waals surface area contributed by atoms with E-state index in [-0.39, 0.29) is 18.6 Å². The molecule has 1 aliphatic heterocycles. The van der Waals surface area contributed by atoms with Crippen LogP contribution in [0.15, 0.2) is 9.59 Å². The van der Waals surface area contributed by atoms with Crippen molar-refractivity contribution >= 4 is 23.2 Å². The van der Waals surface area contributed by atoms with Crippen LogP contribution in [0.2, 0.25) is 0 Å². The van der Waals surface area contributed by atoms with Crippen molar-refractivity contribution in [1.82, 2.24) is 24.4 Å². The molecule has 10 heteroatoms. The number of nitrogens with zero attached hydrogens (tertiary/aromatic N) is 4. The van der Waals surface area contributed by atoms with Crippen LogP contribution in [0.25, 0.3) is 11.2 Å². The van der Waals surface area contributed by atoms with Gasteiger partial charge < -0.3 is 15.0 Å². The zero-order valence-electron chi connectivity index (χ0n) is 19.0. The van der Waals surface area contributed by atoms with Gasteiger partial charge in [-0.1, -0.05) is 5.92 Å². The Bertz CT molecular complexity index is 1200. The summed E-state index contributed by atoms with van der Waals surface area (Å²) in [7, 11) is 0. The Morgan fingerprint density at radius 2 is 2.03 bits per heavy atom. The Hall–Kier alpha value is -3.22. The highest BCUT2D eigenvalue weighted by Crippen LogP contribution is 2.35. The van der Waals surface area contributed by atoms with Crippen molar-refractivity contribution in [3.8, 4) is 11.8 Å². The van der Waals surface area contributed by atoms with Gasteiger partial charge in [-0.15, -0.1) is 5.92 Å². The number of nitrogens with one attached hydrogen (secondary N) is 2. The Balaban J connectivity index is 1.69. The first kappa shape index (κ1) is 22.0. The average Bonchev–Trinajstić information content (AvgIpc) is 3.44. The number of carbonyl (C=O) groups excluding carboxylic acids is 1. The Labute approximate surface area is 186 Å². The maximum atomic E-state index is 12.7. The summed E-state index contributed by atoms with van der Waals surface area (Å²) in [5.41, 5.74) is -0.698. The van der Waals surface area contributed by atoms with E-state index in [0.29, 0.717) is 23.7 Å². The number of aromatic amines is 1. The maximum absolute atomic E-state index is 12.7. The predicted molar refractivity (Wildman–Crippen MR) is 121 cm³/mol. The molecule has 1 atom stereocenters. The molecule has 1 saturated heterocycles. The monoisotopic (exact) mass is 442 g/mol. The van der Waals surface area contributed by atoms with Crippen molar-refractivity contribution < 1.29 is 9.53 Å². The third kappa shape index (κ3) is 4.52. The van der Waals surface area contributed by atoms with Crippen LogP contribution in [-0.2, 0) is 11.3 Å². The first-order valence-corrected chi connectivity index (χ1v) is 11.1. The highest BCUT2D eigenvalue weighted by Gasteiger charge is 2.32. The molecule has 2 N–H and O–H groups in total. The Morgan fingerprint density at radius 1 is 1.28 bits per heavy atom. The van der Waals surface area contributed by atoms with Crippen LogP contribution in [0.4, 0.5) is 10.7 Å². The van der Waals surface area contributed by atoms with E-state index in [4.69, 9.17) is 9.72 Å². The summed E-state index contributed by atoms with van der Waals surface area (Å²) in [6, 6.07) is -0.0497. The van der Waals surface area contributed by atoms with Crippen molar-refractivity contribution in [1.29, 1.82) is 0 Å². The number of ether oxygens (including phenoxy) is 1. The summed E-state index contributed by atoms with van der Waals surface area (Å²) >= 11 is 0. The van der Waals surface area contributed by atoms with Crippen molar-refractivity contribution in [2.75, 3.05) is 18.0 Å². The molecule has 1 saturated carbocycles. The lowest BCUT2D eigenvalue weighted by Gasteiger charge is -2.34. The van der Waals surface area contributed by atoms with Gasteiger partial charge in [-0.25, -0.2) is 9.59 Å². The molecule has 2 aromatic rings. The minimum Gasteiger partial charge on any atom is -0.444 e. The molecular weight excluding hydrogens is 412 g/mol. The van der Waals surface area contributed by atoms with Crippen LogP contribution in [0, 0.1) is 11.8 Å². The topological polar surface area (TPSA) is 114 Å². The van der Waals surface area contributed by atoms with Gasteiger partial charge in [-0.05, 0) is 53.4 Å². The van der Waals surface area contributed by atoms with Crippen LogP contribution < -0.4 is 21.5 Å². The lowest BCUT2D eigenvalue weighted by Crippen LogP contribution is -2.49. The second-order valence-electron chi connectivity index (χ2n) is 9.39. The highest BCUT2D eigenvalue weighted by atomic mass is 16.6. The van der Waals surface area contributed by atoms with Gasteiger partial charge in [0.1, 0.15) is 5.60 Å². The molecule has 1 amide bonds. The number of hydrogen-bond donors (Lipinski definition) is 2. The fourth-order valence-corrected chi connectivity index (χ4v) is 4.11. The normalized spacial score (nSPS) is 18.9. The second kappa shape index (κ2) is 8.37. The molecule has 0 aromatic carbocycles. The molecule has 0 radical (unpaired) electrons. The number of rotatable bonds is 4. The Morgan fingerprint density at radius 3 is 2.69 bits per heavy atom. The van der Waals surface area contributed by atoms with Gasteiger partial charge in [0.25, 0.3) is 5.56 Å². The highest BCUT2D eigenvalue weighted by molar-refractivity contribution is 5.75. The minimum atomic E-state index is -0.571. The van der Waals surface area contributed by atoms with E-state index in [1.807, 2.05) is 25.7 Å². The molecule has 3 heterocycles. The van der Waals surface area contributed by atoms with Gasteiger partial charge in [0.05, 0.1) is 6.54 Å². The van der Waals surface area contributed by atoms with Gasteiger partial charge in [0.2, 0.25) is 5.95 Å². The molecule has 2 aliphatic rings. The number of anilines is 1. The molecule has 10 nitrogen and oxygen atoms in total. The molecule has 172 valence electrons. The summed E-state index contributed by atoms with van der Waals surface area (Å²) < 4.78 is 8.76. The standard InChI is InChI=1S/C22H30N6O4/c1-5-6-12-27-16-17(28(15-9-10-15)20(30)25-18(16)29)24-19(27)26-11-7-8-14(13-26)23-21(31)32-22(2,3)4/h14-15H,7-13H2,1-4H3,(H,23,31)(H,25,29,30). The second-order valence-corrected chi connectivity index (χ2v) is 9.39. The van der Waals surface area contributed by atoms with Crippen LogP contribution >= 0.6 is 0 Å². The lowest BCUT2D eigenvalue weighted by atomic mass is 10.1. The maximum Gasteiger partial charge on any atom is 0.407 e. The van der Waals surface area contributed by atoms with Crippen molar-refractivity contribution in [3.05, 3.63) is 20.8 Å². The van der Waals surface area contributed by atoms with E-state index in [2.05, 4.69) is 22.1 Å². The van der Waals surface area contributed by atoms with Crippen molar-refractivity contribution in [2.24, 2.45) is 0 Å². The first-order valence-electron chi connectivity index (χ1n) is 11.1. The van der Waals surface area contributed by atoms with Gasteiger partial charge in [-0.3, -0.25) is 18.9 Å². The lowest BCUT2D eigenvalue weighted by molar-refractivity contribution is 0.0500. The fraction of sp³-hybridized carbons (Fsp3) is 0.636. The third-order valence-corrected chi connectivity index (χ3v) is 5.56. The Kier molecular flexibility index (Phi) is 5.75. The number of hydrogen-bond acceptors (Lipinski definition) is 6. The summed E-state index contributed by atoms with van der Waals surface area (Å²) in [5, 5.41) is 2.94. The van der Waals surface area contributed by atoms with Crippen LogP contribution in [0.5, 0.6) is 0 Å². The number of amides is 1. The number of H-pyrrole nitrogens is 1. The van der Waals surface area contributed by atoms with E-state index in [0.717, 1.165) is 32.2 Å². The molecule has 4 rings (SSSR count). The quantitative estimate of drug-likeness (QED) is 0.697. The summed E-state index contributed by atoms with van der Waals surface area (Å²) in [4.78, 5) is 46.7. The number of fused-ring (bicyclic) bond motifs is 1. The van der Waals surface area contributed by atoms with E-state index in [9.17, 15) is 14.4 Å². The minimum absolute atomic E-state index is 0.0678. The van der Waals surface area contributed by atoms with E-state index in [1.165, 1.54) is 0 Å². The van der Waals surface area contributed by atoms with Gasteiger partial charge >= 0.3 is 11.8 Å². The number of alkyl carbamates (subject to hydrolysis) is 1. The summed E-state index contributed by atoms with van der Waals surface area (Å²) in [6.45, 7) is 8.75. The zero-order chi connectivity index (χ0) is 23.0. The van der Waals surface area contributed by atoms with Crippen LogP contribution in [-0.4, -0.2) is 49.9 Å². The zero-order valence-corrected chi connectivity index (χ0v) is 19.0. The SMILES string of the molecule is CC#CCn1c(N2CCCC(NC(=O)OC(C)(C)C)C2)nc2c1c(=O)[nH]c(=O)n2C1CC1. The molecular formula is C22H30N6O4. The number of piperidine rings is 1. The molecule has 1 unspecified atom stereocenters.